The first-order valence-electron chi connectivity index (χ1n) is 34.8. The molecule has 3 N–H and O–H groups in total. The minimum absolute atomic E-state index is 0.103. The Morgan fingerprint density at radius 2 is 0.535 bits per heavy atom. The van der Waals surface area contributed by atoms with Crippen LogP contribution < -0.4 is 0 Å². The van der Waals surface area contributed by atoms with Crippen molar-refractivity contribution in [2.45, 2.75) is 349 Å². The first kappa shape index (κ1) is 84.1. The molecular formula is C67H130O17P2. The van der Waals surface area contributed by atoms with Crippen molar-refractivity contribution < 1.29 is 80.2 Å². The third-order valence-corrected chi connectivity index (χ3v) is 17.3. The van der Waals surface area contributed by atoms with Gasteiger partial charge in [-0.1, -0.05) is 280 Å². The summed E-state index contributed by atoms with van der Waals surface area (Å²) in [5.74, 6) is 0.0352. The van der Waals surface area contributed by atoms with E-state index in [1.807, 2.05) is 0 Å². The summed E-state index contributed by atoms with van der Waals surface area (Å²) in [7, 11) is -9.89. The van der Waals surface area contributed by atoms with Gasteiger partial charge in [-0.05, 0) is 43.4 Å². The molecule has 0 bridgehead atoms. The number of esters is 4. The normalized spacial score (nSPS) is 14.3. The van der Waals surface area contributed by atoms with Gasteiger partial charge in [-0.15, -0.1) is 0 Å². The predicted molar refractivity (Wildman–Crippen MR) is 344 cm³/mol. The van der Waals surface area contributed by atoms with Gasteiger partial charge in [-0.2, -0.15) is 0 Å². The van der Waals surface area contributed by atoms with E-state index in [9.17, 15) is 43.2 Å². The van der Waals surface area contributed by atoms with Gasteiger partial charge >= 0.3 is 39.5 Å². The second-order valence-electron chi connectivity index (χ2n) is 25.6. The molecular weight excluding hydrogens is 1140 g/mol. The lowest BCUT2D eigenvalue weighted by Gasteiger charge is -2.21. The summed E-state index contributed by atoms with van der Waals surface area (Å²) in [6.45, 7) is 11.7. The Hall–Kier alpha value is -1.94. The van der Waals surface area contributed by atoms with E-state index in [2.05, 4.69) is 48.5 Å². The lowest BCUT2D eigenvalue weighted by atomic mass is 10.0. The molecule has 0 aromatic carbocycles. The largest absolute Gasteiger partial charge is 0.472 e. The number of carbonyl (C=O) groups is 4. The Morgan fingerprint density at radius 1 is 0.314 bits per heavy atom. The van der Waals surface area contributed by atoms with Gasteiger partial charge < -0.3 is 33.8 Å². The van der Waals surface area contributed by atoms with Gasteiger partial charge in [0.1, 0.15) is 19.3 Å². The third kappa shape index (κ3) is 60.9. The maximum Gasteiger partial charge on any atom is 0.472 e. The number of ether oxygens (including phenoxy) is 4. The molecule has 0 saturated carbocycles. The Labute approximate surface area is 524 Å². The molecule has 19 heteroatoms. The van der Waals surface area contributed by atoms with Crippen molar-refractivity contribution in [3.63, 3.8) is 0 Å². The average molecular weight is 1270 g/mol. The monoisotopic (exact) mass is 1270 g/mol. The summed E-state index contributed by atoms with van der Waals surface area (Å²) >= 11 is 0. The maximum absolute atomic E-state index is 13.0. The minimum atomic E-state index is -4.95. The number of unbranched alkanes of at least 4 members (excludes halogenated alkanes) is 33. The molecule has 0 aliphatic rings. The van der Waals surface area contributed by atoms with Crippen LogP contribution in [0.1, 0.15) is 331 Å². The van der Waals surface area contributed by atoms with Gasteiger partial charge in [-0.3, -0.25) is 37.3 Å². The Kier molecular flexibility index (Phi) is 56.9. The highest BCUT2D eigenvalue weighted by Gasteiger charge is 2.30. The minimum Gasteiger partial charge on any atom is -0.462 e. The van der Waals surface area contributed by atoms with Gasteiger partial charge in [0.2, 0.25) is 0 Å². The van der Waals surface area contributed by atoms with Crippen LogP contribution in [0.25, 0.3) is 0 Å². The van der Waals surface area contributed by atoms with E-state index in [0.29, 0.717) is 31.6 Å². The molecule has 5 atom stereocenters. The van der Waals surface area contributed by atoms with Gasteiger partial charge in [0.15, 0.2) is 12.2 Å². The lowest BCUT2D eigenvalue weighted by Crippen LogP contribution is -2.30. The third-order valence-electron chi connectivity index (χ3n) is 15.4. The molecule has 0 aliphatic carbocycles. The highest BCUT2D eigenvalue weighted by molar-refractivity contribution is 7.47. The zero-order chi connectivity index (χ0) is 63.8. The Balaban J connectivity index is 5.26. The van der Waals surface area contributed by atoms with Crippen LogP contribution in [0, 0.1) is 17.8 Å². The molecule has 86 heavy (non-hydrogen) atoms. The van der Waals surface area contributed by atoms with Crippen LogP contribution in [0.2, 0.25) is 0 Å². The summed E-state index contributed by atoms with van der Waals surface area (Å²) in [5, 5.41) is 10.6. The number of carbonyl (C=O) groups excluding carboxylic acids is 4. The van der Waals surface area contributed by atoms with Crippen LogP contribution in [0.3, 0.4) is 0 Å². The predicted octanol–water partition coefficient (Wildman–Crippen LogP) is 18.7. The average Bonchev–Trinajstić information content (AvgIpc) is 3.67. The van der Waals surface area contributed by atoms with Crippen LogP contribution in [0.15, 0.2) is 0 Å². The number of aliphatic hydroxyl groups excluding tert-OH is 1. The van der Waals surface area contributed by atoms with E-state index in [1.165, 1.54) is 135 Å². The van der Waals surface area contributed by atoms with Crippen LogP contribution >= 0.6 is 15.6 Å². The smallest absolute Gasteiger partial charge is 0.462 e. The molecule has 17 nitrogen and oxygen atoms in total. The van der Waals surface area contributed by atoms with Crippen molar-refractivity contribution in [2.24, 2.45) is 17.8 Å². The van der Waals surface area contributed by atoms with Gasteiger partial charge in [0.05, 0.1) is 26.4 Å². The molecule has 2 unspecified atom stereocenters. The molecule has 0 heterocycles. The number of phosphoric acid groups is 2. The second-order valence-corrected chi connectivity index (χ2v) is 28.5. The molecule has 0 spiro atoms. The fourth-order valence-corrected chi connectivity index (χ4v) is 11.6. The highest BCUT2D eigenvalue weighted by Crippen LogP contribution is 2.45. The van der Waals surface area contributed by atoms with Crippen molar-refractivity contribution in [2.75, 3.05) is 39.6 Å². The van der Waals surface area contributed by atoms with E-state index in [-0.39, 0.29) is 25.7 Å². The van der Waals surface area contributed by atoms with Crippen LogP contribution in [-0.2, 0) is 65.4 Å². The molecule has 0 aliphatic heterocycles. The number of hydrogen-bond acceptors (Lipinski definition) is 15. The SMILES string of the molecule is CCCCCCCCCCCCCCCC(=O)O[C@H](COC(=O)CCCCCCCCCCCC(C)C)COP(=O)(O)OC[C@@H](O)COP(=O)(O)OC[C@@H](COC(=O)CCCCCCCCCC(C)C)OC(=O)CCCCCCCCCCC(C)C. The quantitative estimate of drug-likeness (QED) is 0.0222. The van der Waals surface area contributed by atoms with E-state index in [1.54, 1.807) is 0 Å². The zero-order valence-corrected chi connectivity index (χ0v) is 57.6. The van der Waals surface area contributed by atoms with Crippen molar-refractivity contribution in [3.05, 3.63) is 0 Å². The van der Waals surface area contributed by atoms with Gasteiger partial charge in [0, 0.05) is 25.7 Å². The summed E-state index contributed by atoms with van der Waals surface area (Å²) in [4.78, 5) is 72.4. The van der Waals surface area contributed by atoms with E-state index in [0.717, 1.165) is 108 Å². The summed E-state index contributed by atoms with van der Waals surface area (Å²) in [5.41, 5.74) is 0. The highest BCUT2D eigenvalue weighted by atomic mass is 31.2. The van der Waals surface area contributed by atoms with Crippen LogP contribution in [0.4, 0.5) is 0 Å². The van der Waals surface area contributed by atoms with Gasteiger partial charge in [0.25, 0.3) is 0 Å². The van der Waals surface area contributed by atoms with E-state index in [4.69, 9.17) is 37.0 Å². The van der Waals surface area contributed by atoms with E-state index >= 15 is 0 Å². The topological polar surface area (TPSA) is 237 Å². The molecule has 510 valence electrons. The zero-order valence-electron chi connectivity index (χ0n) is 55.8. The summed E-state index contributed by atoms with van der Waals surface area (Å²) in [6, 6.07) is 0. The Bertz CT molecular complexity index is 1700. The molecule has 0 aromatic rings. The first-order valence-corrected chi connectivity index (χ1v) is 37.8. The number of phosphoric ester groups is 2. The molecule has 0 radical (unpaired) electrons. The number of aliphatic hydroxyl groups is 1. The summed E-state index contributed by atoms with van der Waals surface area (Å²) in [6.07, 6.45) is 40.4. The van der Waals surface area contributed by atoms with Crippen molar-refractivity contribution >= 4 is 39.5 Å². The number of rotatable bonds is 65. The maximum atomic E-state index is 13.0. The molecule has 0 rings (SSSR count). The summed E-state index contributed by atoms with van der Waals surface area (Å²) < 4.78 is 68.1. The van der Waals surface area contributed by atoms with Crippen LogP contribution in [0.5, 0.6) is 0 Å². The van der Waals surface area contributed by atoms with E-state index < -0.39 is 97.5 Å². The fourth-order valence-electron chi connectivity index (χ4n) is 10.0. The molecule has 0 fully saturated rings. The molecule has 0 saturated heterocycles. The lowest BCUT2D eigenvalue weighted by molar-refractivity contribution is -0.161. The standard InChI is InChI=1S/C67H130O17P2/c1-8-9-10-11-12-13-14-15-16-19-28-36-43-50-66(71)83-62(54-77-64(69)48-41-34-27-20-17-18-24-31-38-45-58(2)3)56-81-85(73,74)79-52-61(68)53-80-86(75,76)82-57-63(55-78-65(70)49-42-35-30-23-26-33-40-47-60(6)7)84-67(72)51-44-37-29-22-21-25-32-39-46-59(4)5/h58-63,68H,8-57H2,1-7H3,(H,73,74)(H,75,76)/t61-,62-,63-/m1/s1. The Morgan fingerprint density at radius 3 is 0.791 bits per heavy atom. The number of hydrogen-bond donors (Lipinski definition) is 3. The molecule has 0 aromatic heterocycles. The van der Waals surface area contributed by atoms with Crippen molar-refractivity contribution in [1.82, 2.24) is 0 Å². The first-order chi connectivity index (χ1) is 41.2. The fraction of sp³-hybridized carbons (Fsp3) is 0.940. The van der Waals surface area contributed by atoms with Crippen molar-refractivity contribution in [1.29, 1.82) is 0 Å². The van der Waals surface area contributed by atoms with Crippen molar-refractivity contribution in [3.8, 4) is 0 Å². The molecule has 0 amide bonds. The van der Waals surface area contributed by atoms with Gasteiger partial charge in [-0.25, -0.2) is 9.13 Å². The van der Waals surface area contributed by atoms with Crippen LogP contribution in [-0.4, -0.2) is 96.7 Å². The second kappa shape index (κ2) is 58.2.